The van der Waals surface area contributed by atoms with Crippen LogP contribution in [0.15, 0.2) is 52.7 Å². The van der Waals surface area contributed by atoms with E-state index < -0.39 is 27.3 Å². The van der Waals surface area contributed by atoms with Crippen molar-refractivity contribution < 1.29 is 17.9 Å². The van der Waals surface area contributed by atoms with Crippen LogP contribution in [0.4, 0.5) is 0 Å². The van der Waals surface area contributed by atoms with E-state index in [2.05, 4.69) is 10.3 Å². The van der Waals surface area contributed by atoms with Gasteiger partial charge in [0.2, 0.25) is 0 Å². The number of pyridine rings is 1. The highest BCUT2D eigenvalue weighted by molar-refractivity contribution is 7.94. The Morgan fingerprint density at radius 3 is 2.64 bits per heavy atom. The zero-order chi connectivity index (χ0) is 19.7. The lowest BCUT2D eigenvalue weighted by Crippen LogP contribution is -2.38. The average molecular weight is 400 g/mol. The predicted octanol–water partition coefficient (Wildman–Crippen LogP) is 1.87. The molecule has 2 heterocycles. The molecule has 7 nitrogen and oxygen atoms in total. The van der Waals surface area contributed by atoms with Gasteiger partial charge >= 0.3 is 0 Å². The van der Waals surface area contributed by atoms with Gasteiger partial charge in [0, 0.05) is 11.0 Å². The highest BCUT2D eigenvalue weighted by Crippen LogP contribution is 2.32. The van der Waals surface area contributed by atoms with E-state index in [1.54, 1.807) is 6.07 Å². The average Bonchev–Trinajstić information content (AvgIpc) is 3.43. The zero-order valence-electron chi connectivity index (χ0n) is 15.1. The molecule has 28 heavy (non-hydrogen) atoms. The van der Waals surface area contributed by atoms with E-state index in [0.29, 0.717) is 24.0 Å². The van der Waals surface area contributed by atoms with Gasteiger partial charge in [-0.2, -0.15) is 0 Å². The van der Waals surface area contributed by atoms with Gasteiger partial charge in [-0.25, -0.2) is 8.42 Å². The van der Waals surface area contributed by atoms with E-state index in [-0.39, 0.29) is 11.3 Å². The van der Waals surface area contributed by atoms with Crippen molar-refractivity contribution in [1.82, 2.24) is 10.3 Å². The maximum absolute atomic E-state index is 12.4. The summed E-state index contributed by atoms with van der Waals surface area (Å²) >= 11 is 0. The maximum Gasteiger partial charge on any atom is 0.261 e. The van der Waals surface area contributed by atoms with Crippen molar-refractivity contribution in [2.24, 2.45) is 5.92 Å². The number of carbonyl (C=O) groups excluding carboxylic acids is 1. The molecule has 2 aromatic rings. The van der Waals surface area contributed by atoms with Crippen LogP contribution in [0.3, 0.4) is 0 Å². The van der Waals surface area contributed by atoms with Gasteiger partial charge in [-0.1, -0.05) is 12.1 Å². The summed E-state index contributed by atoms with van der Waals surface area (Å²) in [6.07, 6.45) is 3.77. The molecule has 1 atom stereocenters. The van der Waals surface area contributed by atoms with Gasteiger partial charge in [-0.05, 0) is 49.1 Å². The largest absolute Gasteiger partial charge is 0.493 e. The van der Waals surface area contributed by atoms with Crippen molar-refractivity contribution in [3.8, 4) is 17.0 Å². The Morgan fingerprint density at radius 1 is 1.18 bits per heavy atom. The normalized spacial score (nSPS) is 20.1. The van der Waals surface area contributed by atoms with Crippen molar-refractivity contribution in [3.63, 3.8) is 0 Å². The zero-order valence-corrected chi connectivity index (χ0v) is 15.9. The number of carbonyl (C=O) groups is 1. The number of hydrogen-bond acceptors (Lipinski definition) is 5. The van der Waals surface area contributed by atoms with E-state index >= 15 is 0 Å². The third-order valence-electron chi connectivity index (χ3n) is 4.75. The molecular weight excluding hydrogens is 380 g/mol. The summed E-state index contributed by atoms with van der Waals surface area (Å²) in [6.45, 7) is 0.652. The monoisotopic (exact) mass is 400 g/mol. The van der Waals surface area contributed by atoms with Crippen LogP contribution in [0.2, 0.25) is 0 Å². The highest BCUT2D eigenvalue weighted by Gasteiger charge is 2.25. The number of aromatic amines is 1. The molecule has 0 bridgehead atoms. The summed E-state index contributed by atoms with van der Waals surface area (Å²) < 4.78 is 28.8. The molecule has 4 rings (SSSR count). The van der Waals surface area contributed by atoms with Crippen LogP contribution in [-0.2, 0) is 9.84 Å². The quantitative estimate of drug-likeness (QED) is 0.770. The highest BCUT2D eigenvalue weighted by atomic mass is 32.2. The first kappa shape index (κ1) is 18.5. The Kier molecular flexibility index (Phi) is 4.80. The van der Waals surface area contributed by atoms with Crippen LogP contribution in [0, 0.1) is 5.92 Å². The van der Waals surface area contributed by atoms with Crippen LogP contribution in [0.1, 0.15) is 23.2 Å². The molecule has 0 radical (unpaired) electrons. The van der Waals surface area contributed by atoms with Crippen molar-refractivity contribution in [1.29, 1.82) is 0 Å². The van der Waals surface area contributed by atoms with Crippen molar-refractivity contribution in [2.75, 3.05) is 12.4 Å². The molecule has 1 aliphatic carbocycles. The number of aromatic nitrogens is 1. The second-order valence-corrected chi connectivity index (χ2v) is 9.03. The molecule has 0 spiro atoms. The van der Waals surface area contributed by atoms with Crippen molar-refractivity contribution in [3.05, 3.63) is 63.8 Å². The minimum absolute atomic E-state index is 0.0715. The summed E-state index contributed by atoms with van der Waals surface area (Å²) in [7, 11) is -3.28. The number of nitrogens with one attached hydrogen (secondary N) is 2. The molecule has 1 aliphatic heterocycles. The van der Waals surface area contributed by atoms with Gasteiger partial charge < -0.3 is 15.0 Å². The Labute approximate surface area is 162 Å². The third kappa shape index (κ3) is 4.17. The molecule has 146 valence electrons. The lowest BCUT2D eigenvalue weighted by Gasteiger charge is -2.12. The standard InChI is InChI=1S/C20H20N2O5S/c23-19(21-14-9-10-28(25,26)12-14)16-7-8-17(22-20(16)24)15-3-1-2-4-18(15)27-11-13-5-6-13/h1-4,7-10,13-14H,5-6,11-12H2,(H,21,23)(H,22,24). The van der Waals surface area contributed by atoms with Crippen LogP contribution >= 0.6 is 0 Å². The van der Waals surface area contributed by atoms with Gasteiger partial charge in [0.05, 0.1) is 24.1 Å². The smallest absolute Gasteiger partial charge is 0.261 e. The van der Waals surface area contributed by atoms with E-state index in [9.17, 15) is 18.0 Å². The first-order valence-corrected chi connectivity index (χ1v) is 10.8. The van der Waals surface area contributed by atoms with Gasteiger partial charge in [0.25, 0.3) is 11.5 Å². The van der Waals surface area contributed by atoms with E-state index in [1.807, 2.05) is 24.3 Å². The third-order valence-corrected chi connectivity index (χ3v) is 6.14. The molecule has 1 saturated carbocycles. The predicted molar refractivity (Wildman–Crippen MR) is 105 cm³/mol. The number of ether oxygens (including phenoxy) is 1. The lowest BCUT2D eigenvalue weighted by atomic mass is 10.1. The fraction of sp³-hybridized carbons (Fsp3) is 0.300. The van der Waals surface area contributed by atoms with E-state index in [0.717, 1.165) is 11.0 Å². The first-order valence-electron chi connectivity index (χ1n) is 9.09. The fourth-order valence-corrected chi connectivity index (χ4v) is 4.26. The summed E-state index contributed by atoms with van der Waals surface area (Å²) in [5.41, 5.74) is 0.683. The molecule has 1 aromatic heterocycles. The van der Waals surface area contributed by atoms with Gasteiger partial charge in [-0.15, -0.1) is 0 Å². The van der Waals surface area contributed by atoms with E-state index in [1.165, 1.54) is 25.0 Å². The summed E-state index contributed by atoms with van der Waals surface area (Å²) in [6, 6.07) is 9.88. The van der Waals surface area contributed by atoms with Gasteiger partial charge in [0.15, 0.2) is 9.84 Å². The number of para-hydroxylation sites is 1. The Morgan fingerprint density at radius 2 is 1.96 bits per heavy atom. The van der Waals surface area contributed by atoms with Gasteiger partial charge in [-0.3, -0.25) is 9.59 Å². The van der Waals surface area contributed by atoms with Crippen molar-refractivity contribution in [2.45, 2.75) is 18.9 Å². The minimum atomic E-state index is -3.28. The number of amides is 1. The van der Waals surface area contributed by atoms with Crippen molar-refractivity contribution >= 4 is 15.7 Å². The van der Waals surface area contributed by atoms with E-state index in [4.69, 9.17) is 4.74 Å². The second kappa shape index (κ2) is 7.27. The van der Waals surface area contributed by atoms with Gasteiger partial charge in [0.1, 0.15) is 11.3 Å². The Hall–Kier alpha value is -2.87. The van der Waals surface area contributed by atoms with Crippen LogP contribution in [0.5, 0.6) is 5.75 Å². The SMILES string of the molecule is O=C(NC1C=CS(=O)(=O)C1)c1ccc(-c2ccccc2OCC2CC2)[nH]c1=O. The number of benzene rings is 1. The van der Waals surface area contributed by atoms with Crippen LogP contribution in [-0.4, -0.2) is 37.7 Å². The lowest BCUT2D eigenvalue weighted by molar-refractivity contribution is 0.0946. The molecule has 1 fully saturated rings. The molecular formula is C20H20N2O5S. The number of H-pyrrole nitrogens is 1. The van der Waals surface area contributed by atoms with Crippen LogP contribution < -0.4 is 15.6 Å². The molecule has 8 heteroatoms. The molecule has 1 aromatic carbocycles. The summed E-state index contributed by atoms with van der Waals surface area (Å²) in [5, 5.41) is 3.63. The number of rotatable bonds is 6. The second-order valence-electron chi connectivity index (χ2n) is 7.10. The molecule has 2 aliphatic rings. The maximum atomic E-state index is 12.4. The summed E-state index contributed by atoms with van der Waals surface area (Å²) in [5.74, 6) is 0.480. The number of hydrogen-bond donors (Lipinski definition) is 2. The number of sulfone groups is 1. The minimum Gasteiger partial charge on any atom is -0.493 e. The Balaban J connectivity index is 1.53. The Bertz CT molecular complexity index is 1100. The fourth-order valence-electron chi connectivity index (χ4n) is 3.03. The van der Waals surface area contributed by atoms with Crippen LogP contribution in [0.25, 0.3) is 11.3 Å². The topological polar surface area (TPSA) is 105 Å². The molecule has 2 N–H and O–H groups in total. The molecule has 1 amide bonds. The summed E-state index contributed by atoms with van der Waals surface area (Å²) in [4.78, 5) is 27.5. The molecule has 0 saturated heterocycles. The molecule has 1 unspecified atom stereocenters. The first-order chi connectivity index (χ1) is 13.4.